The van der Waals surface area contributed by atoms with Gasteiger partial charge in [-0.05, 0) is 18.1 Å². The number of nitrogens with zero attached hydrogens (tertiary/aromatic N) is 1. The van der Waals surface area contributed by atoms with Gasteiger partial charge < -0.3 is 10.4 Å². The van der Waals surface area contributed by atoms with Gasteiger partial charge in [0.25, 0.3) is 0 Å². The molecule has 1 heterocycles. The SMILES string of the molecule is CCC(O)CNCc1cccc2cccnc12. The van der Waals surface area contributed by atoms with Gasteiger partial charge in [-0.2, -0.15) is 0 Å². The van der Waals surface area contributed by atoms with E-state index in [1.165, 1.54) is 5.56 Å². The van der Waals surface area contributed by atoms with Crippen LogP contribution in [0, 0.1) is 0 Å². The number of para-hydroxylation sites is 1. The van der Waals surface area contributed by atoms with Crippen molar-refractivity contribution in [2.24, 2.45) is 0 Å². The predicted octanol–water partition coefficient (Wildman–Crippen LogP) is 2.10. The van der Waals surface area contributed by atoms with Crippen molar-refractivity contribution in [3.05, 3.63) is 42.1 Å². The van der Waals surface area contributed by atoms with Gasteiger partial charge in [-0.25, -0.2) is 0 Å². The van der Waals surface area contributed by atoms with E-state index in [0.29, 0.717) is 6.54 Å². The molecule has 0 radical (unpaired) electrons. The van der Waals surface area contributed by atoms with Gasteiger partial charge in [-0.15, -0.1) is 0 Å². The lowest BCUT2D eigenvalue weighted by Gasteiger charge is -2.10. The summed E-state index contributed by atoms with van der Waals surface area (Å²) in [7, 11) is 0. The lowest BCUT2D eigenvalue weighted by atomic mass is 10.1. The van der Waals surface area contributed by atoms with Crippen molar-refractivity contribution in [2.75, 3.05) is 6.54 Å². The van der Waals surface area contributed by atoms with E-state index in [9.17, 15) is 5.11 Å². The van der Waals surface area contributed by atoms with Crippen LogP contribution in [0.4, 0.5) is 0 Å². The van der Waals surface area contributed by atoms with Crippen molar-refractivity contribution >= 4 is 10.9 Å². The van der Waals surface area contributed by atoms with E-state index in [4.69, 9.17) is 0 Å². The molecule has 0 fully saturated rings. The van der Waals surface area contributed by atoms with E-state index in [0.717, 1.165) is 23.9 Å². The average Bonchev–Trinajstić information content (AvgIpc) is 2.39. The Kier molecular flexibility index (Phi) is 4.07. The van der Waals surface area contributed by atoms with E-state index in [-0.39, 0.29) is 6.10 Å². The molecule has 3 heteroatoms. The molecule has 1 atom stereocenters. The highest BCUT2D eigenvalue weighted by Gasteiger charge is 2.03. The molecule has 0 amide bonds. The minimum Gasteiger partial charge on any atom is -0.392 e. The van der Waals surface area contributed by atoms with E-state index in [1.807, 2.05) is 25.3 Å². The van der Waals surface area contributed by atoms with Crippen LogP contribution in [0.2, 0.25) is 0 Å². The highest BCUT2D eigenvalue weighted by molar-refractivity contribution is 5.81. The number of fused-ring (bicyclic) bond motifs is 1. The molecular formula is C14H18N2O. The molecule has 3 nitrogen and oxygen atoms in total. The average molecular weight is 230 g/mol. The smallest absolute Gasteiger partial charge is 0.0746 e. The fraction of sp³-hybridized carbons (Fsp3) is 0.357. The van der Waals surface area contributed by atoms with Crippen LogP contribution in [-0.2, 0) is 6.54 Å². The molecule has 0 spiro atoms. The molecule has 1 aromatic carbocycles. The van der Waals surface area contributed by atoms with Crippen LogP contribution < -0.4 is 5.32 Å². The minimum atomic E-state index is -0.266. The van der Waals surface area contributed by atoms with Crippen molar-refractivity contribution in [1.82, 2.24) is 10.3 Å². The summed E-state index contributed by atoms with van der Waals surface area (Å²) in [6.07, 6.45) is 2.32. The van der Waals surface area contributed by atoms with E-state index in [2.05, 4.69) is 28.5 Å². The van der Waals surface area contributed by atoms with Crippen molar-refractivity contribution in [3.8, 4) is 0 Å². The van der Waals surface area contributed by atoms with Gasteiger partial charge >= 0.3 is 0 Å². The van der Waals surface area contributed by atoms with Gasteiger partial charge in [-0.1, -0.05) is 31.2 Å². The second-order valence-corrected chi connectivity index (χ2v) is 4.19. The van der Waals surface area contributed by atoms with E-state index >= 15 is 0 Å². The normalized spacial score (nSPS) is 12.8. The maximum absolute atomic E-state index is 9.47. The predicted molar refractivity (Wildman–Crippen MR) is 69.7 cm³/mol. The van der Waals surface area contributed by atoms with Crippen LogP contribution in [0.3, 0.4) is 0 Å². The Bertz CT molecular complexity index is 479. The number of aromatic nitrogens is 1. The van der Waals surface area contributed by atoms with Gasteiger partial charge in [0.15, 0.2) is 0 Å². The Morgan fingerprint density at radius 3 is 2.94 bits per heavy atom. The number of hydrogen-bond acceptors (Lipinski definition) is 3. The van der Waals surface area contributed by atoms with Crippen molar-refractivity contribution < 1.29 is 5.11 Å². The van der Waals surface area contributed by atoms with Crippen molar-refractivity contribution in [3.63, 3.8) is 0 Å². The molecule has 1 aromatic heterocycles. The Morgan fingerprint density at radius 1 is 1.29 bits per heavy atom. The Balaban J connectivity index is 2.08. The van der Waals surface area contributed by atoms with Crippen LogP contribution in [-0.4, -0.2) is 22.7 Å². The Morgan fingerprint density at radius 2 is 2.12 bits per heavy atom. The number of aliphatic hydroxyl groups is 1. The summed E-state index contributed by atoms with van der Waals surface area (Å²) in [4.78, 5) is 4.40. The summed E-state index contributed by atoms with van der Waals surface area (Å²) >= 11 is 0. The van der Waals surface area contributed by atoms with E-state index < -0.39 is 0 Å². The van der Waals surface area contributed by atoms with Crippen LogP contribution in [0.15, 0.2) is 36.5 Å². The highest BCUT2D eigenvalue weighted by atomic mass is 16.3. The lowest BCUT2D eigenvalue weighted by molar-refractivity contribution is 0.167. The molecule has 0 aliphatic carbocycles. The monoisotopic (exact) mass is 230 g/mol. The molecular weight excluding hydrogens is 212 g/mol. The van der Waals surface area contributed by atoms with E-state index in [1.54, 1.807) is 0 Å². The van der Waals surface area contributed by atoms with Crippen molar-refractivity contribution in [2.45, 2.75) is 26.0 Å². The number of pyridine rings is 1. The molecule has 0 saturated heterocycles. The molecule has 90 valence electrons. The van der Waals surface area contributed by atoms with Crippen LogP contribution >= 0.6 is 0 Å². The number of rotatable bonds is 5. The van der Waals surface area contributed by atoms with Crippen LogP contribution in [0.1, 0.15) is 18.9 Å². The molecule has 0 aliphatic rings. The third-order valence-electron chi connectivity index (χ3n) is 2.88. The molecule has 2 aromatic rings. The third-order valence-corrected chi connectivity index (χ3v) is 2.88. The fourth-order valence-corrected chi connectivity index (χ4v) is 1.83. The molecule has 0 aliphatic heterocycles. The van der Waals surface area contributed by atoms with Crippen molar-refractivity contribution in [1.29, 1.82) is 0 Å². The van der Waals surface area contributed by atoms with Gasteiger partial charge in [0.1, 0.15) is 0 Å². The van der Waals surface area contributed by atoms with Gasteiger partial charge in [0.05, 0.1) is 11.6 Å². The fourth-order valence-electron chi connectivity index (χ4n) is 1.83. The first-order valence-electron chi connectivity index (χ1n) is 6.02. The number of benzene rings is 1. The number of aliphatic hydroxyl groups excluding tert-OH is 1. The molecule has 0 saturated carbocycles. The van der Waals surface area contributed by atoms with Crippen LogP contribution in [0.5, 0.6) is 0 Å². The third kappa shape index (κ3) is 3.02. The first-order chi connectivity index (χ1) is 8.31. The summed E-state index contributed by atoms with van der Waals surface area (Å²) < 4.78 is 0. The maximum Gasteiger partial charge on any atom is 0.0746 e. The largest absolute Gasteiger partial charge is 0.392 e. The topological polar surface area (TPSA) is 45.1 Å². The Hall–Kier alpha value is -1.45. The first kappa shape index (κ1) is 12.0. The molecule has 17 heavy (non-hydrogen) atoms. The quantitative estimate of drug-likeness (QED) is 0.826. The summed E-state index contributed by atoms with van der Waals surface area (Å²) in [6.45, 7) is 3.34. The second kappa shape index (κ2) is 5.75. The summed E-state index contributed by atoms with van der Waals surface area (Å²) in [5.74, 6) is 0. The maximum atomic E-state index is 9.47. The number of hydrogen-bond donors (Lipinski definition) is 2. The zero-order chi connectivity index (χ0) is 12.1. The van der Waals surface area contributed by atoms with Gasteiger partial charge in [-0.3, -0.25) is 4.98 Å². The summed E-state index contributed by atoms with van der Waals surface area (Å²) in [5, 5.41) is 13.9. The zero-order valence-corrected chi connectivity index (χ0v) is 10.1. The highest BCUT2D eigenvalue weighted by Crippen LogP contribution is 2.15. The standard InChI is InChI=1S/C14H18N2O/c1-2-13(17)10-15-9-12-6-3-5-11-7-4-8-16-14(11)12/h3-8,13,15,17H,2,9-10H2,1H3. The number of nitrogens with one attached hydrogen (secondary N) is 1. The van der Waals surface area contributed by atoms with Gasteiger partial charge in [0, 0.05) is 24.7 Å². The summed E-state index contributed by atoms with van der Waals surface area (Å²) in [6, 6.07) is 10.2. The summed E-state index contributed by atoms with van der Waals surface area (Å²) in [5.41, 5.74) is 2.21. The zero-order valence-electron chi connectivity index (χ0n) is 10.1. The first-order valence-corrected chi connectivity index (χ1v) is 6.02. The van der Waals surface area contributed by atoms with Gasteiger partial charge in [0.2, 0.25) is 0 Å². The Labute approximate surface area is 102 Å². The lowest BCUT2D eigenvalue weighted by Crippen LogP contribution is -2.25. The second-order valence-electron chi connectivity index (χ2n) is 4.19. The molecule has 2 N–H and O–H groups in total. The molecule has 1 unspecified atom stereocenters. The van der Waals surface area contributed by atoms with Crippen LogP contribution in [0.25, 0.3) is 10.9 Å². The molecule has 2 rings (SSSR count). The minimum absolute atomic E-state index is 0.266. The molecule has 0 bridgehead atoms.